The number of aliphatic carboxylic acids is 2. The third-order valence-corrected chi connectivity index (χ3v) is 3.17. The smallest absolute Gasteiger partial charge is 0.305 e. The Morgan fingerprint density at radius 3 is 2.08 bits per heavy atom. The second kappa shape index (κ2) is 7.61. The molecule has 1 aliphatic heterocycles. The maximum Gasteiger partial charge on any atom is 0.305 e. The summed E-state index contributed by atoms with van der Waals surface area (Å²) in [7, 11) is 0. The molecule has 1 saturated heterocycles. The molecule has 0 saturated carbocycles. The van der Waals surface area contributed by atoms with Gasteiger partial charge in [0.1, 0.15) is 0 Å². The van der Waals surface area contributed by atoms with Crippen LogP contribution in [0.5, 0.6) is 0 Å². The molecule has 0 aromatic carbocycles. The van der Waals surface area contributed by atoms with Crippen molar-refractivity contribution >= 4 is 35.4 Å². The van der Waals surface area contributed by atoms with Gasteiger partial charge in [-0.3, -0.25) is 33.7 Å². The summed E-state index contributed by atoms with van der Waals surface area (Å²) < 4.78 is 0. The maximum absolute atomic E-state index is 12.2. The molecule has 1 aliphatic rings. The first-order valence-electron chi connectivity index (χ1n) is 6.68. The molecule has 0 aromatic rings. The fraction of sp³-hybridized carbons (Fsp3) is 0.500. The molecule has 12 nitrogen and oxygen atoms in total. The van der Waals surface area contributed by atoms with E-state index in [1.807, 2.05) is 0 Å². The number of ketones is 1. The number of nitrogens with zero attached hydrogens (tertiary/aromatic N) is 1. The van der Waals surface area contributed by atoms with E-state index in [0.29, 0.717) is 0 Å². The lowest BCUT2D eigenvalue weighted by atomic mass is 9.98. The van der Waals surface area contributed by atoms with Crippen molar-refractivity contribution in [3.63, 3.8) is 0 Å². The standard InChI is InChI=1S/C12H16N4O8/c13-4(1-7(18)19)10(22)9-11(23)15-3-6(17)16(9)12(24)5(14)2-8(20)21/h4-5,9H,1-3,13-14H2,(H,15,23)(H,18,19)(H,20,21). The van der Waals surface area contributed by atoms with E-state index in [2.05, 4.69) is 5.32 Å². The van der Waals surface area contributed by atoms with Crippen molar-refractivity contribution < 1.29 is 39.0 Å². The van der Waals surface area contributed by atoms with Crippen LogP contribution >= 0.6 is 0 Å². The Morgan fingerprint density at radius 2 is 1.58 bits per heavy atom. The highest BCUT2D eigenvalue weighted by molar-refractivity contribution is 6.17. The molecular formula is C12H16N4O8. The lowest BCUT2D eigenvalue weighted by Crippen LogP contribution is -2.67. The second-order valence-electron chi connectivity index (χ2n) is 5.03. The zero-order valence-electron chi connectivity index (χ0n) is 12.3. The third-order valence-electron chi connectivity index (χ3n) is 3.17. The van der Waals surface area contributed by atoms with E-state index in [9.17, 15) is 28.8 Å². The number of carboxylic acids is 2. The molecule has 7 N–H and O–H groups in total. The summed E-state index contributed by atoms with van der Waals surface area (Å²) in [5.41, 5.74) is 10.8. The van der Waals surface area contributed by atoms with E-state index in [1.54, 1.807) is 0 Å². The van der Waals surface area contributed by atoms with Gasteiger partial charge in [0.2, 0.25) is 11.8 Å². The van der Waals surface area contributed by atoms with Gasteiger partial charge in [-0.1, -0.05) is 0 Å². The highest BCUT2D eigenvalue weighted by atomic mass is 16.4. The number of piperazine rings is 1. The number of hydrogen-bond acceptors (Lipinski definition) is 8. The van der Waals surface area contributed by atoms with Crippen molar-refractivity contribution in [3.05, 3.63) is 0 Å². The molecule has 0 bridgehead atoms. The number of Topliss-reactive ketones (excluding diaryl/α,β-unsaturated/α-hetero) is 1. The van der Waals surface area contributed by atoms with Crippen LogP contribution in [-0.2, 0) is 28.8 Å². The Hall–Kier alpha value is -2.86. The van der Waals surface area contributed by atoms with Gasteiger partial charge in [0.05, 0.1) is 31.5 Å². The average molecular weight is 344 g/mol. The fourth-order valence-electron chi connectivity index (χ4n) is 2.06. The van der Waals surface area contributed by atoms with Crippen LogP contribution in [-0.4, -0.2) is 75.2 Å². The van der Waals surface area contributed by atoms with Crippen molar-refractivity contribution in [1.29, 1.82) is 0 Å². The van der Waals surface area contributed by atoms with Crippen LogP contribution in [0, 0.1) is 0 Å². The summed E-state index contributed by atoms with van der Waals surface area (Å²) >= 11 is 0. The van der Waals surface area contributed by atoms with Crippen LogP contribution in [0.3, 0.4) is 0 Å². The predicted octanol–water partition coefficient (Wildman–Crippen LogP) is -3.99. The van der Waals surface area contributed by atoms with Gasteiger partial charge < -0.3 is 27.0 Å². The number of rotatable bonds is 7. The molecule has 1 rings (SSSR count). The van der Waals surface area contributed by atoms with E-state index in [1.165, 1.54) is 0 Å². The van der Waals surface area contributed by atoms with Crippen molar-refractivity contribution in [1.82, 2.24) is 10.2 Å². The first-order chi connectivity index (χ1) is 11.1. The number of amides is 3. The molecule has 12 heteroatoms. The van der Waals surface area contributed by atoms with Gasteiger partial charge in [0, 0.05) is 0 Å². The largest absolute Gasteiger partial charge is 0.481 e. The van der Waals surface area contributed by atoms with Crippen LogP contribution in [0.4, 0.5) is 0 Å². The second-order valence-corrected chi connectivity index (χ2v) is 5.03. The number of nitrogens with two attached hydrogens (primary N) is 2. The number of carbonyl (C=O) groups is 6. The summed E-state index contributed by atoms with van der Waals surface area (Å²) in [5, 5.41) is 19.4. The highest BCUT2D eigenvalue weighted by Crippen LogP contribution is 2.13. The summed E-state index contributed by atoms with van der Waals surface area (Å²) in [6, 6.07) is -5.30. The van der Waals surface area contributed by atoms with Crippen molar-refractivity contribution in [2.45, 2.75) is 31.0 Å². The zero-order valence-corrected chi connectivity index (χ0v) is 12.3. The minimum atomic E-state index is -1.99. The zero-order chi connectivity index (χ0) is 18.6. The molecule has 0 aromatic heterocycles. The Balaban J connectivity index is 3.11. The lowest BCUT2D eigenvalue weighted by Gasteiger charge is -2.34. The molecule has 0 spiro atoms. The number of imide groups is 1. The quantitative estimate of drug-likeness (QED) is 0.282. The number of carbonyl (C=O) groups excluding carboxylic acids is 4. The average Bonchev–Trinajstić information content (AvgIpc) is 2.46. The highest BCUT2D eigenvalue weighted by Gasteiger charge is 2.46. The van der Waals surface area contributed by atoms with Gasteiger partial charge >= 0.3 is 11.9 Å². The van der Waals surface area contributed by atoms with Crippen LogP contribution in [0.15, 0.2) is 0 Å². The summed E-state index contributed by atoms with van der Waals surface area (Å²) in [5.74, 6) is -7.26. The van der Waals surface area contributed by atoms with Gasteiger partial charge in [-0.2, -0.15) is 0 Å². The molecule has 3 amide bonds. The molecule has 1 heterocycles. The maximum atomic E-state index is 12.2. The van der Waals surface area contributed by atoms with Gasteiger partial charge in [-0.25, -0.2) is 0 Å². The first kappa shape index (κ1) is 19.2. The van der Waals surface area contributed by atoms with Gasteiger partial charge in [-0.15, -0.1) is 0 Å². The normalized spacial score (nSPS) is 20.1. The Bertz CT molecular complexity index is 552. The van der Waals surface area contributed by atoms with Gasteiger partial charge in [0.25, 0.3) is 5.91 Å². The van der Waals surface area contributed by atoms with Crippen molar-refractivity contribution in [2.24, 2.45) is 11.5 Å². The summed E-state index contributed by atoms with van der Waals surface area (Å²) in [6.07, 6.45) is -1.65. The minimum Gasteiger partial charge on any atom is -0.481 e. The number of carboxylic acid groups (broad SMARTS) is 2. The molecule has 3 atom stereocenters. The van der Waals surface area contributed by atoms with Crippen LogP contribution < -0.4 is 16.8 Å². The number of nitrogens with one attached hydrogen (secondary N) is 1. The topological polar surface area (TPSA) is 210 Å². The molecule has 132 valence electrons. The van der Waals surface area contributed by atoms with E-state index < -0.39 is 73.0 Å². The molecule has 1 fully saturated rings. The third kappa shape index (κ3) is 4.33. The van der Waals surface area contributed by atoms with Crippen molar-refractivity contribution in [2.75, 3.05) is 6.54 Å². The monoisotopic (exact) mass is 344 g/mol. The fourth-order valence-corrected chi connectivity index (χ4v) is 2.06. The molecule has 0 radical (unpaired) electrons. The predicted molar refractivity (Wildman–Crippen MR) is 74.1 cm³/mol. The van der Waals surface area contributed by atoms with Gasteiger partial charge in [-0.05, 0) is 0 Å². The van der Waals surface area contributed by atoms with E-state index in [0.717, 1.165) is 0 Å². The lowest BCUT2D eigenvalue weighted by molar-refractivity contribution is -0.161. The Morgan fingerprint density at radius 1 is 1.08 bits per heavy atom. The van der Waals surface area contributed by atoms with Crippen LogP contribution in [0.1, 0.15) is 12.8 Å². The SMILES string of the molecule is NC(CC(=O)O)C(=O)C1C(=O)NCC(=O)N1C(=O)C(N)CC(=O)O. The van der Waals surface area contributed by atoms with E-state index in [4.69, 9.17) is 21.7 Å². The first-order valence-corrected chi connectivity index (χ1v) is 6.68. The van der Waals surface area contributed by atoms with E-state index in [-0.39, 0.29) is 4.90 Å². The minimum absolute atomic E-state index is 0.247. The Kier molecular flexibility index (Phi) is 6.08. The van der Waals surface area contributed by atoms with Gasteiger partial charge in [0.15, 0.2) is 11.8 Å². The Labute approximate surface area is 134 Å². The van der Waals surface area contributed by atoms with E-state index >= 15 is 0 Å². The number of hydrogen-bond donors (Lipinski definition) is 5. The van der Waals surface area contributed by atoms with Crippen LogP contribution in [0.25, 0.3) is 0 Å². The molecular weight excluding hydrogens is 328 g/mol. The molecule has 3 unspecified atom stereocenters. The molecule has 24 heavy (non-hydrogen) atoms. The summed E-state index contributed by atoms with van der Waals surface area (Å²) in [4.78, 5) is 69.7. The van der Waals surface area contributed by atoms with Crippen LogP contribution in [0.2, 0.25) is 0 Å². The van der Waals surface area contributed by atoms with Crippen molar-refractivity contribution in [3.8, 4) is 0 Å². The molecule has 0 aliphatic carbocycles. The summed E-state index contributed by atoms with van der Waals surface area (Å²) in [6.45, 7) is -0.595.